The average Bonchev–Trinajstić information content (AvgIpc) is 3.15. The lowest BCUT2D eigenvalue weighted by Gasteiger charge is -2.19. The van der Waals surface area contributed by atoms with Crippen LogP contribution in [0.5, 0.6) is 0 Å². The van der Waals surface area contributed by atoms with Crippen molar-refractivity contribution in [1.82, 2.24) is 9.62 Å². The van der Waals surface area contributed by atoms with Gasteiger partial charge in [0.1, 0.15) is 0 Å². The summed E-state index contributed by atoms with van der Waals surface area (Å²) in [7, 11) is -3.32. The van der Waals surface area contributed by atoms with E-state index in [-0.39, 0.29) is 0 Å². The molecule has 1 N–H and O–H groups in total. The molecule has 116 valence electrons. The van der Waals surface area contributed by atoms with Crippen LogP contribution in [-0.4, -0.2) is 31.9 Å². The summed E-state index contributed by atoms with van der Waals surface area (Å²) in [4.78, 5) is 0.516. The lowest BCUT2D eigenvalue weighted by molar-refractivity contribution is 0.476. The Labute approximate surface area is 127 Å². The summed E-state index contributed by atoms with van der Waals surface area (Å²) in [5, 5.41) is 3.45. The second-order valence-electron chi connectivity index (χ2n) is 6.06. The molecule has 2 aliphatic rings. The molecule has 4 nitrogen and oxygen atoms in total. The van der Waals surface area contributed by atoms with Crippen molar-refractivity contribution < 1.29 is 8.42 Å². The molecule has 21 heavy (non-hydrogen) atoms. The molecule has 2 fully saturated rings. The minimum Gasteiger partial charge on any atom is -0.310 e. The molecule has 1 heterocycles. The molecule has 0 unspecified atom stereocenters. The normalized spacial score (nSPS) is 20.0. The van der Waals surface area contributed by atoms with Crippen LogP contribution in [0, 0.1) is 0 Å². The predicted octanol–water partition coefficient (Wildman–Crippen LogP) is 2.29. The summed E-state index contributed by atoms with van der Waals surface area (Å²) < 4.78 is 27.3. The van der Waals surface area contributed by atoms with Crippen LogP contribution in [-0.2, 0) is 23.0 Å². The van der Waals surface area contributed by atoms with Gasteiger partial charge in [0.25, 0.3) is 0 Å². The van der Waals surface area contributed by atoms with Gasteiger partial charge in [-0.2, -0.15) is 4.31 Å². The topological polar surface area (TPSA) is 49.4 Å². The maximum Gasteiger partial charge on any atom is 0.243 e. The number of aryl methyl sites for hydroxylation is 1. The van der Waals surface area contributed by atoms with Gasteiger partial charge in [-0.3, -0.25) is 0 Å². The second kappa shape index (κ2) is 6.07. The zero-order valence-corrected chi connectivity index (χ0v) is 13.5. The molecular formula is C16H24N2O2S. The van der Waals surface area contributed by atoms with E-state index in [0.29, 0.717) is 24.0 Å². The molecule has 1 aromatic rings. The smallest absolute Gasteiger partial charge is 0.243 e. The van der Waals surface area contributed by atoms with Crippen molar-refractivity contribution in [2.75, 3.05) is 13.1 Å². The maximum atomic E-state index is 12.8. The van der Waals surface area contributed by atoms with Gasteiger partial charge in [0, 0.05) is 25.7 Å². The quantitative estimate of drug-likeness (QED) is 0.877. The fourth-order valence-electron chi connectivity index (χ4n) is 2.86. The molecule has 1 saturated heterocycles. The first-order valence-corrected chi connectivity index (χ1v) is 9.40. The highest BCUT2D eigenvalue weighted by atomic mass is 32.2. The molecule has 0 bridgehead atoms. The highest BCUT2D eigenvalue weighted by Gasteiger charge is 2.29. The fraction of sp³-hybridized carbons (Fsp3) is 0.625. The molecule has 0 aromatic heterocycles. The number of benzene rings is 1. The first-order chi connectivity index (χ1) is 10.1. The molecule has 1 aliphatic carbocycles. The monoisotopic (exact) mass is 308 g/mol. The molecule has 0 atom stereocenters. The Balaban J connectivity index is 1.88. The highest BCUT2D eigenvalue weighted by Crippen LogP contribution is 2.26. The SMILES string of the molecule is CCc1ccc(CNC2CC2)cc1S(=O)(=O)N1CCCC1. The van der Waals surface area contributed by atoms with Gasteiger partial charge in [0.15, 0.2) is 0 Å². The average molecular weight is 308 g/mol. The highest BCUT2D eigenvalue weighted by molar-refractivity contribution is 7.89. The van der Waals surface area contributed by atoms with Crippen LogP contribution in [0.4, 0.5) is 0 Å². The summed E-state index contributed by atoms with van der Waals surface area (Å²) in [5.74, 6) is 0. The van der Waals surface area contributed by atoms with Gasteiger partial charge in [-0.1, -0.05) is 19.1 Å². The van der Waals surface area contributed by atoms with Crippen LogP contribution >= 0.6 is 0 Å². The van der Waals surface area contributed by atoms with Gasteiger partial charge in [-0.05, 0) is 49.3 Å². The number of nitrogens with zero attached hydrogens (tertiary/aromatic N) is 1. The molecule has 0 amide bonds. The minimum atomic E-state index is -3.32. The van der Waals surface area contributed by atoms with E-state index >= 15 is 0 Å². The third-order valence-corrected chi connectivity index (χ3v) is 6.35. The van der Waals surface area contributed by atoms with E-state index in [4.69, 9.17) is 0 Å². The van der Waals surface area contributed by atoms with Crippen molar-refractivity contribution in [2.24, 2.45) is 0 Å². The molecular weight excluding hydrogens is 284 g/mol. The van der Waals surface area contributed by atoms with E-state index in [1.54, 1.807) is 4.31 Å². The van der Waals surface area contributed by atoms with Gasteiger partial charge in [0.2, 0.25) is 10.0 Å². The minimum absolute atomic E-state index is 0.516. The summed E-state index contributed by atoms with van der Waals surface area (Å²) in [6.07, 6.45) is 5.18. The van der Waals surface area contributed by atoms with Gasteiger partial charge in [0.05, 0.1) is 4.90 Å². The number of hydrogen-bond acceptors (Lipinski definition) is 3. The van der Waals surface area contributed by atoms with Crippen LogP contribution < -0.4 is 5.32 Å². The maximum absolute atomic E-state index is 12.8. The van der Waals surface area contributed by atoms with Crippen molar-refractivity contribution in [3.8, 4) is 0 Å². The van der Waals surface area contributed by atoms with E-state index in [1.165, 1.54) is 12.8 Å². The number of sulfonamides is 1. The molecule has 3 rings (SSSR count). The molecule has 1 aromatic carbocycles. The van der Waals surface area contributed by atoms with E-state index in [9.17, 15) is 8.42 Å². The Morgan fingerprint density at radius 1 is 1.24 bits per heavy atom. The van der Waals surface area contributed by atoms with E-state index in [0.717, 1.165) is 36.9 Å². The summed E-state index contributed by atoms with van der Waals surface area (Å²) in [6.45, 7) is 4.10. The van der Waals surface area contributed by atoms with Gasteiger partial charge < -0.3 is 5.32 Å². The fourth-order valence-corrected chi connectivity index (χ4v) is 4.72. The largest absolute Gasteiger partial charge is 0.310 e. The third kappa shape index (κ3) is 3.30. The zero-order chi connectivity index (χ0) is 14.9. The molecule has 0 radical (unpaired) electrons. The van der Waals surface area contributed by atoms with Crippen LogP contribution in [0.3, 0.4) is 0 Å². The van der Waals surface area contributed by atoms with Crippen molar-refractivity contribution in [1.29, 1.82) is 0 Å². The van der Waals surface area contributed by atoms with E-state index < -0.39 is 10.0 Å². The Bertz CT molecular complexity index is 603. The number of hydrogen-bond donors (Lipinski definition) is 1. The summed E-state index contributed by atoms with van der Waals surface area (Å²) in [5.41, 5.74) is 1.99. The predicted molar refractivity (Wildman–Crippen MR) is 83.7 cm³/mol. The van der Waals surface area contributed by atoms with Crippen molar-refractivity contribution in [3.63, 3.8) is 0 Å². The second-order valence-corrected chi connectivity index (χ2v) is 7.97. The van der Waals surface area contributed by atoms with Crippen molar-refractivity contribution in [3.05, 3.63) is 29.3 Å². The van der Waals surface area contributed by atoms with Crippen LogP contribution in [0.15, 0.2) is 23.1 Å². The van der Waals surface area contributed by atoms with Crippen LogP contribution in [0.2, 0.25) is 0 Å². The standard InChI is InChI=1S/C16H24N2O2S/c1-2-14-6-5-13(12-17-15-7-8-15)11-16(14)21(19,20)18-9-3-4-10-18/h5-6,11,15,17H,2-4,7-10,12H2,1H3. The summed E-state index contributed by atoms with van der Waals surface area (Å²) in [6, 6.07) is 6.54. The Morgan fingerprint density at radius 3 is 2.57 bits per heavy atom. The lowest BCUT2D eigenvalue weighted by atomic mass is 10.1. The zero-order valence-electron chi connectivity index (χ0n) is 12.6. The number of nitrogens with one attached hydrogen (secondary N) is 1. The first kappa shape index (κ1) is 15.0. The van der Waals surface area contributed by atoms with E-state index in [2.05, 4.69) is 11.4 Å². The van der Waals surface area contributed by atoms with Gasteiger partial charge >= 0.3 is 0 Å². The lowest BCUT2D eigenvalue weighted by Crippen LogP contribution is -2.29. The van der Waals surface area contributed by atoms with E-state index in [1.807, 2.05) is 19.1 Å². The van der Waals surface area contributed by atoms with Crippen LogP contribution in [0.1, 0.15) is 43.7 Å². The Kier molecular flexibility index (Phi) is 4.33. The number of rotatable bonds is 6. The Morgan fingerprint density at radius 2 is 1.95 bits per heavy atom. The molecule has 5 heteroatoms. The molecule has 1 aliphatic heterocycles. The van der Waals surface area contributed by atoms with Gasteiger partial charge in [-0.15, -0.1) is 0 Å². The van der Waals surface area contributed by atoms with Crippen LogP contribution in [0.25, 0.3) is 0 Å². The molecule has 1 saturated carbocycles. The first-order valence-electron chi connectivity index (χ1n) is 7.96. The van der Waals surface area contributed by atoms with Crippen molar-refractivity contribution >= 4 is 10.0 Å². The van der Waals surface area contributed by atoms with Crippen molar-refractivity contribution in [2.45, 2.75) is 56.5 Å². The third-order valence-electron chi connectivity index (χ3n) is 4.37. The van der Waals surface area contributed by atoms with Gasteiger partial charge in [-0.25, -0.2) is 8.42 Å². The molecule has 0 spiro atoms. The Hall–Kier alpha value is -0.910. The summed E-state index contributed by atoms with van der Waals surface area (Å²) >= 11 is 0.